The highest BCUT2D eigenvalue weighted by Crippen LogP contribution is 2.33. The van der Waals surface area contributed by atoms with Crippen LogP contribution in [0.3, 0.4) is 0 Å². The van der Waals surface area contributed by atoms with Gasteiger partial charge in [-0.05, 0) is 67.0 Å². The van der Waals surface area contributed by atoms with Crippen molar-refractivity contribution in [2.24, 2.45) is 0 Å². The molecule has 1 saturated heterocycles. The summed E-state index contributed by atoms with van der Waals surface area (Å²) >= 11 is 0. The largest absolute Gasteiger partial charge is 0.493 e. The summed E-state index contributed by atoms with van der Waals surface area (Å²) in [6, 6.07) is 11.0. The van der Waals surface area contributed by atoms with Crippen molar-refractivity contribution in [1.82, 2.24) is 10.2 Å². The van der Waals surface area contributed by atoms with Crippen molar-refractivity contribution in [3.63, 3.8) is 0 Å². The molecular formula is C26H30N2O5. The van der Waals surface area contributed by atoms with Gasteiger partial charge in [0, 0.05) is 0 Å². The monoisotopic (exact) mass is 450 g/mol. The number of aliphatic hydroxyl groups excluding tert-OH is 1. The highest BCUT2D eigenvalue weighted by molar-refractivity contribution is 6.07. The molecule has 4 rings (SSSR count). The summed E-state index contributed by atoms with van der Waals surface area (Å²) in [5.41, 5.74) is 3.17. The average Bonchev–Trinajstić information content (AvgIpc) is 3.36. The van der Waals surface area contributed by atoms with E-state index in [-0.39, 0.29) is 19.1 Å². The van der Waals surface area contributed by atoms with Gasteiger partial charge in [-0.15, -0.1) is 6.58 Å². The molecule has 7 nitrogen and oxygen atoms in total. The normalized spacial score (nSPS) is 20.4. The van der Waals surface area contributed by atoms with Gasteiger partial charge in [-0.25, -0.2) is 4.79 Å². The van der Waals surface area contributed by atoms with E-state index >= 15 is 0 Å². The Balaban J connectivity index is 1.41. The molecule has 7 heteroatoms. The zero-order valence-electron chi connectivity index (χ0n) is 19.1. The number of urea groups is 1. The number of methoxy groups -OCH3 is 1. The second-order valence-corrected chi connectivity index (χ2v) is 8.75. The fraction of sp³-hybridized carbons (Fsp3) is 0.385. The Bertz CT molecular complexity index is 1080. The maximum Gasteiger partial charge on any atom is 0.325 e. The first-order chi connectivity index (χ1) is 15.9. The number of β-amino-alcohol motifs (C(OH)–C–C–N with tert-alkyl or cyclic N) is 1. The third kappa shape index (κ3) is 4.46. The summed E-state index contributed by atoms with van der Waals surface area (Å²) in [6.07, 6.45) is 4.59. The van der Waals surface area contributed by atoms with Gasteiger partial charge in [-0.3, -0.25) is 9.69 Å². The predicted octanol–water partition coefficient (Wildman–Crippen LogP) is 3.12. The van der Waals surface area contributed by atoms with E-state index in [9.17, 15) is 14.7 Å². The number of carbonyl (C=O) groups is 2. The van der Waals surface area contributed by atoms with Crippen molar-refractivity contribution in [3.05, 3.63) is 71.3 Å². The number of nitrogens with one attached hydrogen (secondary N) is 1. The topological polar surface area (TPSA) is 88.1 Å². The summed E-state index contributed by atoms with van der Waals surface area (Å²) in [5, 5.41) is 13.3. The molecule has 0 radical (unpaired) electrons. The first-order valence-electron chi connectivity index (χ1n) is 11.2. The quantitative estimate of drug-likeness (QED) is 0.453. The number of benzene rings is 2. The molecule has 0 bridgehead atoms. The highest BCUT2D eigenvalue weighted by atomic mass is 16.5. The van der Waals surface area contributed by atoms with Crippen molar-refractivity contribution in [3.8, 4) is 11.5 Å². The van der Waals surface area contributed by atoms with Crippen LogP contribution < -0.4 is 14.8 Å². The van der Waals surface area contributed by atoms with E-state index in [1.165, 1.54) is 11.1 Å². The molecule has 1 aliphatic heterocycles. The van der Waals surface area contributed by atoms with Crippen LogP contribution in [-0.2, 0) is 29.6 Å². The van der Waals surface area contributed by atoms with Gasteiger partial charge in [0.25, 0.3) is 5.91 Å². The number of imide groups is 1. The molecule has 33 heavy (non-hydrogen) atoms. The second-order valence-electron chi connectivity index (χ2n) is 8.75. The van der Waals surface area contributed by atoms with Gasteiger partial charge in [-0.2, -0.15) is 0 Å². The van der Waals surface area contributed by atoms with E-state index in [1.807, 2.05) is 30.3 Å². The van der Waals surface area contributed by atoms with Crippen LogP contribution in [0, 0.1) is 0 Å². The second kappa shape index (κ2) is 9.27. The molecule has 3 amide bonds. The first kappa shape index (κ1) is 22.9. The number of amides is 3. The molecule has 0 spiro atoms. The number of ether oxygens (including phenoxy) is 2. The van der Waals surface area contributed by atoms with Crippen LogP contribution in [0.5, 0.6) is 11.5 Å². The number of fused-ring (bicyclic) bond motifs is 1. The lowest BCUT2D eigenvalue weighted by Crippen LogP contribution is -2.42. The summed E-state index contributed by atoms with van der Waals surface area (Å²) in [5.74, 6) is 0.640. The molecule has 2 aromatic carbocycles. The smallest absolute Gasteiger partial charge is 0.325 e. The molecule has 2 N–H and O–H groups in total. The van der Waals surface area contributed by atoms with Crippen LogP contribution in [0.2, 0.25) is 0 Å². The molecule has 1 heterocycles. The minimum atomic E-state index is -1.15. The van der Waals surface area contributed by atoms with Gasteiger partial charge in [0.1, 0.15) is 18.2 Å². The standard InChI is InChI=1S/C26H30N2O5/c1-4-6-17-9-12-22(23(13-17)32-3)33-16-21(29)15-28-24(30)26(2,27-25(28)31)20-11-10-18-7-5-8-19(18)14-20/h4,9-14,21,29H,1,5-8,15-16H2,2-3H3,(H,27,31)/t21-,26-/m0/s1. The first-order valence-corrected chi connectivity index (χ1v) is 11.2. The number of allylic oxidation sites excluding steroid dienone is 1. The van der Waals surface area contributed by atoms with Crippen molar-refractivity contribution < 1.29 is 24.2 Å². The fourth-order valence-electron chi connectivity index (χ4n) is 4.52. The number of carbonyl (C=O) groups excluding carboxylic acids is 2. The number of rotatable bonds is 9. The van der Waals surface area contributed by atoms with E-state index < -0.39 is 17.7 Å². The van der Waals surface area contributed by atoms with Gasteiger partial charge >= 0.3 is 6.03 Å². The molecule has 0 unspecified atom stereocenters. The lowest BCUT2D eigenvalue weighted by Gasteiger charge is -2.24. The van der Waals surface area contributed by atoms with Crippen molar-refractivity contribution in [2.45, 2.75) is 44.2 Å². The minimum Gasteiger partial charge on any atom is -0.493 e. The Labute approximate surface area is 194 Å². The van der Waals surface area contributed by atoms with Crippen LogP contribution in [-0.4, -0.2) is 48.3 Å². The number of nitrogens with zero attached hydrogens (tertiary/aromatic N) is 1. The third-order valence-corrected chi connectivity index (χ3v) is 6.38. The maximum atomic E-state index is 13.2. The van der Waals surface area contributed by atoms with Crippen molar-refractivity contribution in [2.75, 3.05) is 20.3 Å². The molecule has 2 atom stereocenters. The number of hydrogen-bond donors (Lipinski definition) is 2. The molecule has 0 saturated carbocycles. The van der Waals surface area contributed by atoms with Gasteiger partial charge < -0.3 is 19.9 Å². The molecule has 1 fully saturated rings. The summed E-state index contributed by atoms with van der Waals surface area (Å²) in [6.45, 7) is 5.18. The van der Waals surface area contributed by atoms with Gasteiger partial charge in [0.15, 0.2) is 11.5 Å². The molecule has 0 aromatic heterocycles. The maximum absolute atomic E-state index is 13.2. The Morgan fingerprint density at radius 1 is 1.18 bits per heavy atom. The Morgan fingerprint density at radius 2 is 1.97 bits per heavy atom. The van der Waals surface area contributed by atoms with Crippen LogP contribution >= 0.6 is 0 Å². The van der Waals surface area contributed by atoms with E-state index in [0.717, 1.165) is 35.3 Å². The van der Waals surface area contributed by atoms with Crippen molar-refractivity contribution >= 4 is 11.9 Å². The van der Waals surface area contributed by atoms with E-state index in [1.54, 1.807) is 26.2 Å². The Kier molecular flexibility index (Phi) is 6.42. The lowest BCUT2D eigenvalue weighted by molar-refractivity contribution is -0.132. The third-order valence-electron chi connectivity index (χ3n) is 6.38. The lowest BCUT2D eigenvalue weighted by atomic mass is 9.89. The van der Waals surface area contributed by atoms with E-state index in [0.29, 0.717) is 17.9 Å². The minimum absolute atomic E-state index is 0.0935. The van der Waals surface area contributed by atoms with Crippen LogP contribution in [0.1, 0.15) is 35.6 Å². The van der Waals surface area contributed by atoms with Crippen LogP contribution in [0.4, 0.5) is 4.79 Å². The van der Waals surface area contributed by atoms with Gasteiger partial charge in [-0.1, -0.05) is 30.3 Å². The summed E-state index contributed by atoms with van der Waals surface area (Å²) in [7, 11) is 1.54. The van der Waals surface area contributed by atoms with Crippen molar-refractivity contribution in [1.29, 1.82) is 0 Å². The predicted molar refractivity (Wildman–Crippen MR) is 124 cm³/mol. The molecule has 174 valence electrons. The fourth-order valence-corrected chi connectivity index (χ4v) is 4.52. The number of hydrogen-bond acceptors (Lipinski definition) is 5. The average molecular weight is 451 g/mol. The van der Waals surface area contributed by atoms with Crippen LogP contribution in [0.15, 0.2) is 49.1 Å². The van der Waals surface area contributed by atoms with Gasteiger partial charge in [0.2, 0.25) is 0 Å². The molecular weight excluding hydrogens is 420 g/mol. The summed E-state index contributed by atoms with van der Waals surface area (Å²) in [4.78, 5) is 26.9. The zero-order valence-corrected chi connectivity index (χ0v) is 19.1. The zero-order chi connectivity index (χ0) is 23.6. The Morgan fingerprint density at radius 3 is 2.73 bits per heavy atom. The van der Waals surface area contributed by atoms with Gasteiger partial charge in [0.05, 0.1) is 13.7 Å². The number of aryl methyl sites for hydroxylation is 2. The van der Waals surface area contributed by atoms with E-state index in [4.69, 9.17) is 9.47 Å². The summed E-state index contributed by atoms with van der Waals surface area (Å²) < 4.78 is 11.1. The number of aliphatic hydroxyl groups is 1. The molecule has 1 aliphatic carbocycles. The highest BCUT2D eigenvalue weighted by Gasteiger charge is 2.49. The van der Waals surface area contributed by atoms with E-state index in [2.05, 4.69) is 11.9 Å². The Hall–Kier alpha value is -3.32. The molecule has 2 aromatic rings. The molecule has 2 aliphatic rings. The van der Waals surface area contributed by atoms with Crippen LogP contribution in [0.25, 0.3) is 0 Å². The SMILES string of the molecule is C=CCc1ccc(OC[C@@H](O)CN2C(=O)N[C@@](C)(c3ccc4c(c3)CCC4)C2=O)c(OC)c1.